The Morgan fingerprint density at radius 2 is 1.83 bits per heavy atom. The normalized spacial score (nSPS) is 19.0. The number of anilines is 1. The molecule has 1 aliphatic heterocycles. The van der Waals surface area contributed by atoms with Gasteiger partial charge in [0.15, 0.2) is 6.04 Å². The molecule has 2 atom stereocenters. The predicted molar refractivity (Wildman–Crippen MR) is 86.4 cm³/mol. The zero-order chi connectivity index (χ0) is 17.9. The Kier molecular flexibility index (Phi) is 4.90. The fourth-order valence-electron chi connectivity index (χ4n) is 2.84. The van der Waals surface area contributed by atoms with Gasteiger partial charge in [-0.2, -0.15) is 10.5 Å². The molecule has 0 saturated heterocycles. The van der Waals surface area contributed by atoms with Crippen molar-refractivity contribution in [3.63, 3.8) is 0 Å². The lowest BCUT2D eigenvalue weighted by atomic mass is 9.99. The zero-order valence-electron chi connectivity index (χ0n) is 13.5. The zero-order valence-corrected chi connectivity index (χ0v) is 13.5. The van der Waals surface area contributed by atoms with Gasteiger partial charge >= 0.3 is 12.1 Å². The molecular weight excluding hydrogens is 308 g/mol. The minimum absolute atomic E-state index is 0.415. The standard InChI is InChI=1S/C16H18N6O2/c1-3-20(4-2)16(24)22-12-8-6-5-7-11(12)13(9-17)21(15(19)23)14(22)10-18/h5-8,13-14H,3-4H2,1-2H3,(H2,19,23). The quantitative estimate of drug-likeness (QED) is 0.890. The number of para-hydroxylation sites is 1. The van der Waals surface area contributed by atoms with Gasteiger partial charge in [0.2, 0.25) is 6.17 Å². The van der Waals surface area contributed by atoms with Crippen molar-refractivity contribution in [2.75, 3.05) is 18.0 Å². The molecule has 0 aliphatic carbocycles. The first kappa shape index (κ1) is 17.1. The van der Waals surface area contributed by atoms with Gasteiger partial charge < -0.3 is 10.6 Å². The minimum Gasteiger partial charge on any atom is -0.351 e. The molecule has 2 N–H and O–H groups in total. The topological polar surface area (TPSA) is 117 Å². The molecule has 1 aromatic carbocycles. The van der Waals surface area contributed by atoms with E-state index >= 15 is 0 Å². The van der Waals surface area contributed by atoms with Crippen molar-refractivity contribution in [3.8, 4) is 12.1 Å². The van der Waals surface area contributed by atoms with Crippen molar-refractivity contribution >= 4 is 17.7 Å². The van der Waals surface area contributed by atoms with Crippen LogP contribution in [-0.2, 0) is 0 Å². The number of carbonyl (C=O) groups excluding carboxylic acids is 2. The third kappa shape index (κ3) is 2.59. The Morgan fingerprint density at radius 3 is 2.33 bits per heavy atom. The Hall–Kier alpha value is -3.26. The molecule has 1 aliphatic rings. The minimum atomic E-state index is -1.28. The summed E-state index contributed by atoms with van der Waals surface area (Å²) in [5.41, 5.74) is 6.29. The lowest BCUT2D eigenvalue weighted by Crippen LogP contribution is -2.60. The molecule has 0 aromatic heterocycles. The molecule has 0 spiro atoms. The van der Waals surface area contributed by atoms with Crippen LogP contribution in [0.25, 0.3) is 0 Å². The molecule has 1 aromatic rings. The maximum Gasteiger partial charge on any atom is 0.327 e. The van der Waals surface area contributed by atoms with Crippen molar-refractivity contribution in [1.29, 1.82) is 10.5 Å². The first-order valence-electron chi connectivity index (χ1n) is 7.55. The van der Waals surface area contributed by atoms with Crippen LogP contribution in [0.15, 0.2) is 24.3 Å². The number of hydrogen-bond donors (Lipinski definition) is 1. The second kappa shape index (κ2) is 6.88. The summed E-state index contributed by atoms with van der Waals surface area (Å²) >= 11 is 0. The number of nitrogens with zero attached hydrogens (tertiary/aromatic N) is 5. The SMILES string of the molecule is CCN(CC)C(=O)N1c2ccccc2C(C#N)N(C(N)=O)C1C#N. The molecule has 4 amide bonds. The Labute approximate surface area is 140 Å². The largest absolute Gasteiger partial charge is 0.351 e. The lowest BCUT2D eigenvalue weighted by Gasteiger charge is -2.44. The molecule has 0 bridgehead atoms. The Bertz CT molecular complexity index is 731. The van der Waals surface area contributed by atoms with E-state index in [1.807, 2.05) is 26.0 Å². The highest BCUT2D eigenvalue weighted by atomic mass is 16.2. The van der Waals surface area contributed by atoms with Gasteiger partial charge in [0.05, 0.1) is 11.8 Å². The number of primary amides is 1. The van der Waals surface area contributed by atoms with Crippen LogP contribution in [0, 0.1) is 22.7 Å². The van der Waals surface area contributed by atoms with E-state index in [1.165, 1.54) is 9.80 Å². The molecular formula is C16H18N6O2. The average Bonchev–Trinajstić information content (AvgIpc) is 2.60. The van der Waals surface area contributed by atoms with Crippen molar-refractivity contribution in [2.45, 2.75) is 26.1 Å². The van der Waals surface area contributed by atoms with Crippen LogP contribution < -0.4 is 10.6 Å². The van der Waals surface area contributed by atoms with E-state index in [2.05, 4.69) is 0 Å². The molecule has 0 saturated carbocycles. The van der Waals surface area contributed by atoms with Gasteiger partial charge in [-0.1, -0.05) is 18.2 Å². The summed E-state index contributed by atoms with van der Waals surface area (Å²) in [4.78, 5) is 28.5. The molecule has 124 valence electrons. The highest BCUT2D eigenvalue weighted by Crippen LogP contribution is 2.38. The predicted octanol–water partition coefficient (Wildman–Crippen LogP) is 1.76. The van der Waals surface area contributed by atoms with Crippen LogP contribution in [0.2, 0.25) is 0 Å². The van der Waals surface area contributed by atoms with Crippen LogP contribution in [0.5, 0.6) is 0 Å². The summed E-state index contributed by atoms with van der Waals surface area (Å²) in [5, 5.41) is 19.0. The maximum atomic E-state index is 12.9. The maximum absolute atomic E-state index is 12.9. The van der Waals surface area contributed by atoms with Crippen molar-refractivity contribution < 1.29 is 9.59 Å². The smallest absolute Gasteiger partial charge is 0.327 e. The van der Waals surface area contributed by atoms with E-state index in [-0.39, 0.29) is 0 Å². The summed E-state index contributed by atoms with van der Waals surface area (Å²) in [6, 6.07) is 8.27. The van der Waals surface area contributed by atoms with Crippen molar-refractivity contribution in [2.24, 2.45) is 5.73 Å². The van der Waals surface area contributed by atoms with E-state index in [0.29, 0.717) is 24.3 Å². The fraction of sp³-hybridized carbons (Fsp3) is 0.375. The van der Waals surface area contributed by atoms with Gasteiger partial charge in [-0.15, -0.1) is 0 Å². The fourth-order valence-corrected chi connectivity index (χ4v) is 2.84. The van der Waals surface area contributed by atoms with Gasteiger partial charge in [0, 0.05) is 18.7 Å². The van der Waals surface area contributed by atoms with Crippen LogP contribution in [0.4, 0.5) is 15.3 Å². The number of fused-ring (bicyclic) bond motifs is 1. The van der Waals surface area contributed by atoms with Crippen molar-refractivity contribution in [3.05, 3.63) is 29.8 Å². The average molecular weight is 326 g/mol. The molecule has 0 fully saturated rings. The number of amides is 4. The number of carbonyl (C=O) groups is 2. The summed E-state index contributed by atoms with van der Waals surface area (Å²) in [6.07, 6.45) is -1.28. The number of hydrogen-bond acceptors (Lipinski definition) is 4. The molecule has 0 radical (unpaired) electrons. The van der Waals surface area contributed by atoms with Gasteiger partial charge in [0.1, 0.15) is 6.07 Å². The van der Waals surface area contributed by atoms with Gasteiger partial charge in [-0.3, -0.25) is 9.80 Å². The van der Waals surface area contributed by atoms with E-state index in [9.17, 15) is 20.1 Å². The lowest BCUT2D eigenvalue weighted by molar-refractivity contribution is 0.167. The number of rotatable bonds is 2. The Morgan fingerprint density at radius 1 is 1.21 bits per heavy atom. The van der Waals surface area contributed by atoms with E-state index in [4.69, 9.17) is 5.73 Å². The summed E-state index contributed by atoms with van der Waals surface area (Å²) in [5.74, 6) is 0. The first-order chi connectivity index (χ1) is 11.5. The molecule has 2 unspecified atom stereocenters. The molecule has 8 heteroatoms. The third-order valence-corrected chi connectivity index (χ3v) is 4.01. The van der Waals surface area contributed by atoms with Crippen molar-refractivity contribution in [1.82, 2.24) is 9.80 Å². The molecule has 1 heterocycles. The summed E-state index contributed by atoms with van der Waals surface area (Å²) < 4.78 is 0. The van der Waals surface area contributed by atoms with Crippen LogP contribution >= 0.6 is 0 Å². The second-order valence-corrected chi connectivity index (χ2v) is 5.16. The van der Waals surface area contributed by atoms with E-state index in [1.54, 1.807) is 24.3 Å². The van der Waals surface area contributed by atoms with Gasteiger partial charge in [-0.05, 0) is 19.9 Å². The third-order valence-electron chi connectivity index (χ3n) is 4.01. The van der Waals surface area contributed by atoms with E-state index in [0.717, 1.165) is 4.90 Å². The summed E-state index contributed by atoms with van der Waals surface area (Å²) in [6.45, 7) is 4.54. The van der Waals surface area contributed by atoms with E-state index < -0.39 is 24.3 Å². The molecule has 2 rings (SSSR count). The summed E-state index contributed by atoms with van der Waals surface area (Å²) in [7, 11) is 0. The molecule has 8 nitrogen and oxygen atoms in total. The number of urea groups is 2. The monoisotopic (exact) mass is 326 g/mol. The van der Waals surface area contributed by atoms with Crippen LogP contribution in [0.3, 0.4) is 0 Å². The van der Waals surface area contributed by atoms with Gasteiger partial charge in [0.25, 0.3) is 0 Å². The number of nitrogens with two attached hydrogens (primary N) is 1. The second-order valence-electron chi connectivity index (χ2n) is 5.16. The van der Waals surface area contributed by atoms with Gasteiger partial charge in [-0.25, -0.2) is 9.59 Å². The number of benzene rings is 1. The van der Waals surface area contributed by atoms with Crippen LogP contribution in [-0.4, -0.2) is 41.1 Å². The highest BCUT2D eigenvalue weighted by Gasteiger charge is 2.44. The number of nitriles is 2. The highest BCUT2D eigenvalue weighted by molar-refractivity contribution is 5.96. The first-order valence-corrected chi connectivity index (χ1v) is 7.55. The Balaban J connectivity index is 2.68. The molecule has 24 heavy (non-hydrogen) atoms. The van der Waals surface area contributed by atoms with Crippen LogP contribution in [0.1, 0.15) is 25.5 Å².